The van der Waals surface area contributed by atoms with Gasteiger partial charge in [0.05, 0.1) is 10.5 Å². The average molecular weight is 270 g/mol. The summed E-state index contributed by atoms with van der Waals surface area (Å²) in [6.07, 6.45) is 6.88. The van der Waals surface area contributed by atoms with E-state index in [9.17, 15) is 4.79 Å². The summed E-state index contributed by atoms with van der Waals surface area (Å²) in [7, 11) is 0. The Labute approximate surface area is 116 Å². The number of hydrogen-bond donors (Lipinski definition) is 2. The second-order valence-corrected chi connectivity index (χ2v) is 7.09. The molecule has 1 amide bonds. The minimum Gasteiger partial charge on any atom is -0.391 e. The van der Waals surface area contributed by atoms with Crippen molar-refractivity contribution in [1.29, 1.82) is 0 Å². The molecule has 0 heterocycles. The Bertz CT molecular complexity index is 312. The smallest absolute Gasteiger partial charge is 0.221 e. The van der Waals surface area contributed by atoms with Gasteiger partial charge in [-0.3, -0.25) is 4.79 Å². The topological polar surface area (TPSA) is 55.1 Å². The fourth-order valence-electron chi connectivity index (χ4n) is 2.56. The molecule has 1 fully saturated rings. The van der Waals surface area contributed by atoms with Gasteiger partial charge in [0, 0.05) is 6.42 Å². The molecule has 0 aromatic rings. The minimum atomic E-state index is -0.436. The zero-order chi connectivity index (χ0) is 13.8. The molecule has 0 radical (unpaired) electrons. The van der Waals surface area contributed by atoms with Crippen molar-refractivity contribution >= 4 is 23.1 Å². The Hall–Kier alpha value is -0.640. The van der Waals surface area contributed by atoms with E-state index in [1.54, 1.807) is 0 Å². The third-order valence-electron chi connectivity index (χ3n) is 3.50. The van der Waals surface area contributed by atoms with Gasteiger partial charge < -0.3 is 11.1 Å². The van der Waals surface area contributed by atoms with Gasteiger partial charge in [0.15, 0.2) is 0 Å². The lowest BCUT2D eigenvalue weighted by Crippen LogP contribution is -2.56. The zero-order valence-corrected chi connectivity index (χ0v) is 12.7. The first kappa shape index (κ1) is 15.4. The van der Waals surface area contributed by atoms with Crippen LogP contribution >= 0.6 is 12.2 Å². The molecular weight excluding hydrogens is 244 g/mol. The van der Waals surface area contributed by atoms with Gasteiger partial charge in [-0.1, -0.05) is 58.7 Å². The molecule has 3 N–H and O–H groups in total. The average Bonchev–Trinajstić information content (AvgIpc) is 2.41. The number of rotatable bonds is 3. The number of nitrogens with two attached hydrogens (primary N) is 1. The number of amides is 1. The number of thiocarbonyl (C=S) groups is 1. The Kier molecular flexibility index (Phi) is 5.14. The van der Waals surface area contributed by atoms with Gasteiger partial charge in [-0.25, -0.2) is 0 Å². The molecule has 1 rings (SSSR count). The van der Waals surface area contributed by atoms with Crippen LogP contribution in [0.1, 0.15) is 65.7 Å². The van der Waals surface area contributed by atoms with Crippen LogP contribution in [0.5, 0.6) is 0 Å². The lowest BCUT2D eigenvalue weighted by Gasteiger charge is -2.34. The number of nitrogens with one attached hydrogen (secondary N) is 1. The highest BCUT2D eigenvalue weighted by Crippen LogP contribution is 2.28. The van der Waals surface area contributed by atoms with Gasteiger partial charge in [-0.05, 0) is 18.3 Å². The highest BCUT2D eigenvalue weighted by molar-refractivity contribution is 7.80. The Morgan fingerprint density at radius 3 is 2.11 bits per heavy atom. The maximum absolute atomic E-state index is 12.1. The lowest BCUT2D eigenvalue weighted by molar-refractivity contribution is -0.124. The van der Waals surface area contributed by atoms with Crippen LogP contribution in [0, 0.1) is 5.41 Å². The van der Waals surface area contributed by atoms with E-state index in [0.717, 1.165) is 25.7 Å². The van der Waals surface area contributed by atoms with E-state index in [1.165, 1.54) is 12.8 Å². The first-order valence-corrected chi connectivity index (χ1v) is 7.27. The largest absolute Gasteiger partial charge is 0.391 e. The minimum absolute atomic E-state index is 0.00772. The summed E-state index contributed by atoms with van der Waals surface area (Å²) >= 11 is 5.21. The molecule has 4 heteroatoms. The fourth-order valence-corrected chi connectivity index (χ4v) is 2.81. The van der Waals surface area contributed by atoms with Gasteiger partial charge in [-0.2, -0.15) is 0 Å². The van der Waals surface area contributed by atoms with Gasteiger partial charge in [-0.15, -0.1) is 0 Å². The van der Waals surface area contributed by atoms with Crippen molar-refractivity contribution < 1.29 is 4.79 Å². The molecule has 1 aliphatic rings. The van der Waals surface area contributed by atoms with E-state index in [1.807, 2.05) is 0 Å². The van der Waals surface area contributed by atoms with Crippen LogP contribution in [0.4, 0.5) is 0 Å². The van der Waals surface area contributed by atoms with E-state index in [2.05, 4.69) is 26.1 Å². The van der Waals surface area contributed by atoms with Crippen LogP contribution in [0.25, 0.3) is 0 Å². The van der Waals surface area contributed by atoms with E-state index in [0.29, 0.717) is 11.4 Å². The Morgan fingerprint density at radius 1 is 1.22 bits per heavy atom. The van der Waals surface area contributed by atoms with Crippen LogP contribution in [0.15, 0.2) is 0 Å². The van der Waals surface area contributed by atoms with Crippen molar-refractivity contribution in [2.75, 3.05) is 0 Å². The van der Waals surface area contributed by atoms with Gasteiger partial charge in [0.25, 0.3) is 0 Å². The summed E-state index contributed by atoms with van der Waals surface area (Å²) in [4.78, 5) is 12.6. The maximum Gasteiger partial charge on any atom is 0.221 e. The molecule has 0 spiro atoms. The SMILES string of the molecule is CC(C)(C)CC(=O)NC1(C(N)=S)CCCCCC1. The van der Waals surface area contributed by atoms with Gasteiger partial charge >= 0.3 is 0 Å². The monoisotopic (exact) mass is 270 g/mol. The first-order chi connectivity index (χ1) is 8.25. The molecule has 0 aromatic carbocycles. The van der Waals surface area contributed by atoms with Crippen molar-refractivity contribution in [3.05, 3.63) is 0 Å². The summed E-state index contributed by atoms with van der Waals surface area (Å²) in [5.41, 5.74) is 5.46. The molecular formula is C14H26N2OS. The summed E-state index contributed by atoms with van der Waals surface area (Å²) < 4.78 is 0. The molecule has 3 nitrogen and oxygen atoms in total. The number of hydrogen-bond acceptors (Lipinski definition) is 2. The summed E-state index contributed by atoms with van der Waals surface area (Å²) in [5, 5.41) is 3.12. The third kappa shape index (κ3) is 4.56. The van der Waals surface area contributed by atoms with Crippen molar-refractivity contribution in [3.8, 4) is 0 Å². The highest BCUT2D eigenvalue weighted by atomic mass is 32.1. The molecule has 1 saturated carbocycles. The van der Waals surface area contributed by atoms with Crippen LogP contribution in [-0.4, -0.2) is 16.4 Å². The maximum atomic E-state index is 12.1. The fraction of sp³-hybridized carbons (Fsp3) is 0.857. The van der Waals surface area contributed by atoms with Crippen molar-refractivity contribution in [2.45, 2.75) is 71.3 Å². The van der Waals surface area contributed by atoms with Crippen LogP contribution < -0.4 is 11.1 Å². The van der Waals surface area contributed by atoms with E-state index >= 15 is 0 Å². The predicted molar refractivity (Wildman–Crippen MR) is 79.4 cm³/mol. The van der Waals surface area contributed by atoms with Crippen molar-refractivity contribution in [2.24, 2.45) is 11.1 Å². The quantitative estimate of drug-likeness (QED) is 0.612. The van der Waals surface area contributed by atoms with Crippen molar-refractivity contribution in [1.82, 2.24) is 5.32 Å². The second kappa shape index (κ2) is 6.00. The van der Waals surface area contributed by atoms with E-state index < -0.39 is 5.54 Å². The molecule has 1 aliphatic carbocycles. The van der Waals surface area contributed by atoms with Crippen LogP contribution in [0.2, 0.25) is 0 Å². The molecule has 0 aliphatic heterocycles. The summed E-state index contributed by atoms with van der Waals surface area (Å²) in [6.45, 7) is 6.19. The molecule has 0 saturated heterocycles. The third-order valence-corrected chi connectivity index (χ3v) is 3.89. The first-order valence-electron chi connectivity index (χ1n) is 6.86. The summed E-state index contributed by atoms with van der Waals surface area (Å²) in [5.74, 6) is 0.0669. The predicted octanol–water partition coefficient (Wildman–Crippen LogP) is 2.92. The normalized spacial score (nSPS) is 19.9. The van der Waals surface area contributed by atoms with E-state index in [-0.39, 0.29) is 11.3 Å². The summed E-state index contributed by atoms with van der Waals surface area (Å²) in [6, 6.07) is 0. The molecule has 0 bridgehead atoms. The molecule has 0 aromatic heterocycles. The molecule has 104 valence electrons. The molecule has 0 unspecified atom stereocenters. The molecule has 18 heavy (non-hydrogen) atoms. The van der Waals surface area contributed by atoms with Gasteiger partial charge in [0.2, 0.25) is 5.91 Å². The lowest BCUT2D eigenvalue weighted by atomic mass is 9.87. The highest BCUT2D eigenvalue weighted by Gasteiger charge is 2.36. The zero-order valence-electron chi connectivity index (χ0n) is 11.8. The standard InChI is InChI=1S/C14H26N2OS/c1-13(2,3)10-11(17)16-14(12(15)18)8-6-4-5-7-9-14/h4-10H2,1-3H3,(H2,15,18)(H,16,17). The van der Waals surface area contributed by atoms with E-state index in [4.69, 9.17) is 18.0 Å². The second-order valence-electron chi connectivity index (χ2n) is 6.65. The number of carbonyl (C=O) groups is 1. The molecule has 0 atom stereocenters. The Balaban J connectivity index is 2.73. The van der Waals surface area contributed by atoms with Crippen LogP contribution in [-0.2, 0) is 4.79 Å². The Morgan fingerprint density at radius 2 is 1.72 bits per heavy atom. The van der Waals surface area contributed by atoms with Gasteiger partial charge in [0.1, 0.15) is 0 Å². The van der Waals surface area contributed by atoms with Crippen molar-refractivity contribution in [3.63, 3.8) is 0 Å². The van der Waals surface area contributed by atoms with Crippen LogP contribution in [0.3, 0.4) is 0 Å². The number of carbonyl (C=O) groups excluding carboxylic acids is 1.